The van der Waals surface area contributed by atoms with Crippen LogP contribution in [0.5, 0.6) is 11.5 Å². The Bertz CT molecular complexity index is 419. The number of halogens is 1. The minimum absolute atomic E-state index is 0. The number of hydrogen-bond donors (Lipinski definition) is 2. The lowest BCUT2D eigenvalue weighted by atomic mass is 10.3. The van der Waals surface area contributed by atoms with Gasteiger partial charge in [0, 0.05) is 11.9 Å². The van der Waals surface area contributed by atoms with Crippen LogP contribution < -0.4 is 16.0 Å². The highest BCUT2D eigenvalue weighted by molar-refractivity contribution is 5.85. The molecule has 1 heterocycles. The van der Waals surface area contributed by atoms with E-state index >= 15 is 0 Å². The van der Waals surface area contributed by atoms with Gasteiger partial charge >= 0.3 is 0 Å². The van der Waals surface area contributed by atoms with E-state index in [9.17, 15) is 0 Å². The summed E-state index contributed by atoms with van der Waals surface area (Å²) < 4.78 is 5.55. The first-order valence-electron chi connectivity index (χ1n) is 4.53. The zero-order chi connectivity index (χ0) is 10.5. The van der Waals surface area contributed by atoms with E-state index in [1.165, 1.54) is 0 Å². The van der Waals surface area contributed by atoms with Gasteiger partial charge in [-0.25, -0.2) is 0 Å². The van der Waals surface area contributed by atoms with Gasteiger partial charge in [0.25, 0.3) is 0 Å². The summed E-state index contributed by atoms with van der Waals surface area (Å²) in [6, 6.07) is 11.0. The molecule has 0 bridgehead atoms. The van der Waals surface area contributed by atoms with E-state index in [2.05, 4.69) is 10.4 Å². The Labute approximate surface area is 99.8 Å². The van der Waals surface area contributed by atoms with Crippen molar-refractivity contribution >= 4 is 18.1 Å². The molecular formula is C11H12ClN3O. The number of pyridine rings is 1. The predicted octanol–water partition coefficient (Wildman–Crippen LogP) is 2.58. The lowest BCUT2D eigenvalue weighted by molar-refractivity contribution is 0.480. The molecular weight excluding hydrogens is 226 g/mol. The Hall–Kier alpha value is -1.78. The number of hydrogen-bond acceptors (Lipinski definition) is 4. The molecule has 2 aromatic rings. The highest BCUT2D eigenvalue weighted by atomic mass is 35.5. The Morgan fingerprint density at radius 1 is 1.06 bits per heavy atom. The molecule has 0 aliphatic carbocycles. The van der Waals surface area contributed by atoms with E-state index in [1.807, 2.05) is 36.4 Å². The van der Waals surface area contributed by atoms with Crippen LogP contribution in [0.1, 0.15) is 0 Å². The van der Waals surface area contributed by atoms with Crippen LogP contribution in [-0.2, 0) is 0 Å². The van der Waals surface area contributed by atoms with Crippen molar-refractivity contribution in [3.8, 4) is 11.5 Å². The van der Waals surface area contributed by atoms with Gasteiger partial charge in [-0.3, -0.25) is 10.8 Å². The topological polar surface area (TPSA) is 60.2 Å². The number of anilines is 1. The van der Waals surface area contributed by atoms with E-state index < -0.39 is 0 Å². The second-order valence-electron chi connectivity index (χ2n) is 2.96. The van der Waals surface area contributed by atoms with Crippen LogP contribution >= 0.6 is 12.4 Å². The van der Waals surface area contributed by atoms with E-state index in [1.54, 1.807) is 12.4 Å². The van der Waals surface area contributed by atoms with Crippen molar-refractivity contribution in [2.75, 3.05) is 5.43 Å². The first-order valence-corrected chi connectivity index (χ1v) is 4.53. The summed E-state index contributed by atoms with van der Waals surface area (Å²) in [4.78, 5) is 3.96. The van der Waals surface area contributed by atoms with Crippen LogP contribution in [0.4, 0.5) is 5.69 Å². The molecule has 84 valence electrons. The summed E-state index contributed by atoms with van der Waals surface area (Å²) in [6.45, 7) is 0. The van der Waals surface area contributed by atoms with Crippen molar-refractivity contribution in [3.05, 3.63) is 48.8 Å². The third kappa shape index (κ3) is 3.12. The second-order valence-corrected chi connectivity index (χ2v) is 2.96. The standard InChI is InChI=1S/C11H11N3O.ClH/c12-14-9-3-5-10(6-4-9)15-11-2-1-7-13-8-11;/h1-8,14H,12H2;1H. The SMILES string of the molecule is Cl.NNc1ccc(Oc2cccnc2)cc1. The summed E-state index contributed by atoms with van der Waals surface area (Å²) in [5, 5.41) is 0. The first kappa shape index (κ1) is 12.3. The summed E-state index contributed by atoms with van der Waals surface area (Å²) >= 11 is 0. The lowest BCUT2D eigenvalue weighted by Gasteiger charge is -2.05. The molecule has 0 aliphatic rings. The minimum Gasteiger partial charge on any atom is -0.456 e. The smallest absolute Gasteiger partial charge is 0.145 e. The quantitative estimate of drug-likeness (QED) is 0.636. The van der Waals surface area contributed by atoms with Crippen LogP contribution in [0.15, 0.2) is 48.8 Å². The monoisotopic (exact) mass is 237 g/mol. The molecule has 1 aromatic heterocycles. The second kappa shape index (κ2) is 5.95. The fourth-order valence-electron chi connectivity index (χ4n) is 1.16. The van der Waals surface area contributed by atoms with E-state index in [0.717, 1.165) is 11.4 Å². The number of hydrazine groups is 1. The maximum Gasteiger partial charge on any atom is 0.145 e. The number of nitrogens with one attached hydrogen (secondary N) is 1. The van der Waals surface area contributed by atoms with Crippen LogP contribution in [0.3, 0.4) is 0 Å². The first-order chi connectivity index (χ1) is 7.38. The molecule has 5 heteroatoms. The lowest BCUT2D eigenvalue weighted by Crippen LogP contribution is -2.05. The molecule has 0 fully saturated rings. The van der Waals surface area contributed by atoms with Gasteiger partial charge in [0.2, 0.25) is 0 Å². The highest BCUT2D eigenvalue weighted by Gasteiger charge is 1.96. The molecule has 0 atom stereocenters. The van der Waals surface area contributed by atoms with Crippen LogP contribution in [0.2, 0.25) is 0 Å². The normalized spacial score (nSPS) is 9.06. The molecule has 0 radical (unpaired) electrons. The van der Waals surface area contributed by atoms with Crippen LogP contribution in [0.25, 0.3) is 0 Å². The molecule has 0 aliphatic heterocycles. The highest BCUT2D eigenvalue weighted by Crippen LogP contribution is 2.21. The zero-order valence-corrected chi connectivity index (χ0v) is 9.28. The molecule has 0 saturated heterocycles. The zero-order valence-electron chi connectivity index (χ0n) is 8.46. The average molecular weight is 238 g/mol. The van der Waals surface area contributed by atoms with Gasteiger partial charge in [0.1, 0.15) is 11.5 Å². The van der Waals surface area contributed by atoms with Crippen molar-refractivity contribution in [2.24, 2.45) is 5.84 Å². The number of nitrogens with two attached hydrogens (primary N) is 1. The van der Waals surface area contributed by atoms with Gasteiger partial charge < -0.3 is 10.2 Å². The molecule has 2 rings (SSSR count). The van der Waals surface area contributed by atoms with Crippen molar-refractivity contribution in [1.82, 2.24) is 4.98 Å². The Morgan fingerprint density at radius 3 is 2.38 bits per heavy atom. The maximum absolute atomic E-state index is 5.55. The van der Waals surface area contributed by atoms with Crippen LogP contribution in [-0.4, -0.2) is 4.98 Å². The fourth-order valence-corrected chi connectivity index (χ4v) is 1.16. The number of nitrogen functional groups attached to an aromatic ring is 1. The maximum atomic E-state index is 5.55. The fraction of sp³-hybridized carbons (Fsp3) is 0. The molecule has 0 unspecified atom stereocenters. The van der Waals surface area contributed by atoms with Crippen LogP contribution in [0, 0.1) is 0 Å². The number of ether oxygens (including phenoxy) is 1. The van der Waals surface area contributed by atoms with Gasteiger partial charge in [-0.2, -0.15) is 0 Å². The molecule has 0 saturated carbocycles. The van der Waals surface area contributed by atoms with Gasteiger partial charge in [-0.1, -0.05) is 0 Å². The van der Waals surface area contributed by atoms with Gasteiger partial charge in [-0.05, 0) is 36.4 Å². The Balaban J connectivity index is 0.00000128. The molecule has 3 N–H and O–H groups in total. The van der Waals surface area contributed by atoms with Gasteiger partial charge in [-0.15, -0.1) is 12.4 Å². The Kier molecular flexibility index (Phi) is 4.57. The van der Waals surface area contributed by atoms with E-state index in [-0.39, 0.29) is 12.4 Å². The number of rotatable bonds is 3. The molecule has 1 aromatic carbocycles. The van der Waals surface area contributed by atoms with E-state index in [0.29, 0.717) is 5.75 Å². The summed E-state index contributed by atoms with van der Waals surface area (Å²) in [5.74, 6) is 6.72. The molecule has 4 nitrogen and oxygen atoms in total. The van der Waals surface area contributed by atoms with E-state index in [4.69, 9.17) is 10.6 Å². The summed E-state index contributed by atoms with van der Waals surface area (Å²) in [5.41, 5.74) is 3.39. The average Bonchev–Trinajstić information content (AvgIpc) is 2.31. The van der Waals surface area contributed by atoms with Crippen molar-refractivity contribution in [1.29, 1.82) is 0 Å². The molecule has 16 heavy (non-hydrogen) atoms. The number of benzene rings is 1. The van der Waals surface area contributed by atoms with Gasteiger partial charge in [0.05, 0.1) is 6.20 Å². The predicted molar refractivity (Wildman–Crippen MR) is 65.8 cm³/mol. The Morgan fingerprint density at radius 2 is 1.81 bits per heavy atom. The number of aromatic nitrogens is 1. The van der Waals surface area contributed by atoms with Crippen molar-refractivity contribution < 1.29 is 4.74 Å². The molecule has 0 amide bonds. The third-order valence-electron chi connectivity index (χ3n) is 1.89. The van der Waals surface area contributed by atoms with Crippen molar-refractivity contribution in [3.63, 3.8) is 0 Å². The summed E-state index contributed by atoms with van der Waals surface area (Å²) in [6.07, 6.45) is 3.36. The minimum atomic E-state index is 0. The van der Waals surface area contributed by atoms with Gasteiger partial charge in [0.15, 0.2) is 0 Å². The number of nitrogens with zero attached hydrogens (tertiary/aromatic N) is 1. The third-order valence-corrected chi connectivity index (χ3v) is 1.89. The largest absolute Gasteiger partial charge is 0.456 e. The summed E-state index contributed by atoms with van der Waals surface area (Å²) in [7, 11) is 0. The molecule has 0 spiro atoms. The van der Waals surface area contributed by atoms with Crippen molar-refractivity contribution in [2.45, 2.75) is 0 Å².